The van der Waals surface area contributed by atoms with Crippen molar-refractivity contribution in [3.8, 4) is 0 Å². The number of sulfonamides is 2. The lowest BCUT2D eigenvalue weighted by atomic mass is 10.3. The molecule has 13 heteroatoms. The van der Waals surface area contributed by atoms with Gasteiger partial charge in [0, 0.05) is 25.0 Å². The second-order valence-electron chi connectivity index (χ2n) is 5.81. The van der Waals surface area contributed by atoms with E-state index >= 15 is 0 Å². The highest BCUT2D eigenvalue weighted by molar-refractivity contribution is 9.10. The summed E-state index contributed by atoms with van der Waals surface area (Å²) in [6, 6.07) is 4.09. The molecule has 1 aliphatic heterocycles. The SMILES string of the molecule is CS(=O)(=O)Nc1cc2cc(c1)S(=O)(=O)NCCCNc1nc(ncc1Br)N2. The number of nitrogens with one attached hydrogen (secondary N) is 4. The summed E-state index contributed by atoms with van der Waals surface area (Å²) in [4.78, 5) is 8.40. The molecule has 0 radical (unpaired) electrons. The normalized spacial score (nSPS) is 16.7. The van der Waals surface area contributed by atoms with Crippen molar-refractivity contribution in [2.45, 2.75) is 11.3 Å². The van der Waals surface area contributed by atoms with Crippen molar-refractivity contribution >= 4 is 59.1 Å². The molecule has 3 rings (SSSR count). The fraction of sp³-hybridized carbons (Fsp3) is 0.286. The van der Waals surface area contributed by atoms with Crippen LogP contribution >= 0.6 is 15.9 Å². The predicted molar refractivity (Wildman–Crippen MR) is 106 cm³/mol. The predicted octanol–water partition coefficient (Wildman–Crippen LogP) is 1.45. The van der Waals surface area contributed by atoms with E-state index in [1.807, 2.05) is 0 Å². The van der Waals surface area contributed by atoms with Crippen LogP contribution in [0.25, 0.3) is 0 Å². The number of halogens is 1. The van der Waals surface area contributed by atoms with E-state index in [0.29, 0.717) is 28.9 Å². The number of hydrogen-bond acceptors (Lipinski definition) is 8. The minimum atomic E-state index is -3.82. The topological polar surface area (TPSA) is 142 Å². The number of hydrogen-bond donors (Lipinski definition) is 4. The van der Waals surface area contributed by atoms with Gasteiger partial charge < -0.3 is 10.6 Å². The monoisotopic (exact) mass is 476 g/mol. The number of aromatic nitrogens is 2. The van der Waals surface area contributed by atoms with Gasteiger partial charge in [-0.1, -0.05) is 0 Å². The molecule has 0 spiro atoms. The van der Waals surface area contributed by atoms with Crippen LogP contribution < -0.4 is 20.1 Å². The maximum Gasteiger partial charge on any atom is 0.240 e. The van der Waals surface area contributed by atoms with Crippen molar-refractivity contribution in [2.24, 2.45) is 0 Å². The van der Waals surface area contributed by atoms with Gasteiger partial charge in [-0.25, -0.2) is 26.5 Å². The first-order valence-electron chi connectivity index (χ1n) is 7.78. The van der Waals surface area contributed by atoms with Gasteiger partial charge in [0.15, 0.2) is 0 Å². The third-order valence-corrected chi connectivity index (χ3v) is 6.09. The summed E-state index contributed by atoms with van der Waals surface area (Å²) < 4.78 is 53.7. The van der Waals surface area contributed by atoms with Crippen molar-refractivity contribution in [1.82, 2.24) is 14.7 Å². The summed E-state index contributed by atoms with van der Waals surface area (Å²) in [5.41, 5.74) is 0.421. The van der Waals surface area contributed by atoms with Gasteiger partial charge in [-0.15, -0.1) is 0 Å². The van der Waals surface area contributed by atoms with Gasteiger partial charge in [-0.2, -0.15) is 4.98 Å². The van der Waals surface area contributed by atoms with Crippen LogP contribution in [-0.4, -0.2) is 46.1 Å². The van der Waals surface area contributed by atoms with E-state index in [2.05, 4.69) is 46.0 Å². The first-order valence-corrected chi connectivity index (χ1v) is 12.0. The van der Waals surface area contributed by atoms with Gasteiger partial charge in [0.2, 0.25) is 26.0 Å². The van der Waals surface area contributed by atoms with Gasteiger partial charge in [-0.05, 0) is 40.5 Å². The summed E-state index contributed by atoms with van der Waals surface area (Å²) in [6.45, 7) is 0.702. The van der Waals surface area contributed by atoms with Crippen LogP contribution in [-0.2, 0) is 20.0 Å². The van der Waals surface area contributed by atoms with Crippen LogP contribution in [0.15, 0.2) is 33.8 Å². The van der Waals surface area contributed by atoms with Gasteiger partial charge in [0.25, 0.3) is 0 Å². The zero-order chi connectivity index (χ0) is 19.7. The largest absolute Gasteiger partial charge is 0.369 e. The summed E-state index contributed by atoms with van der Waals surface area (Å²) in [7, 11) is -7.41. The Hall–Kier alpha value is -1.96. The highest BCUT2D eigenvalue weighted by Crippen LogP contribution is 2.27. The molecule has 0 saturated carbocycles. The van der Waals surface area contributed by atoms with Crippen LogP contribution in [0.1, 0.15) is 6.42 Å². The molecule has 0 fully saturated rings. The lowest BCUT2D eigenvalue weighted by molar-refractivity contribution is 0.580. The van der Waals surface area contributed by atoms with Crippen molar-refractivity contribution in [3.63, 3.8) is 0 Å². The third-order valence-electron chi connectivity index (χ3n) is 3.46. The molecule has 1 aromatic heterocycles. The minimum absolute atomic E-state index is 0.0804. The molecule has 1 aliphatic rings. The van der Waals surface area contributed by atoms with E-state index in [-0.39, 0.29) is 23.1 Å². The molecule has 4 bridgehead atoms. The Balaban J connectivity index is 2.10. The molecule has 1 aromatic carbocycles. The van der Waals surface area contributed by atoms with Crippen molar-refractivity contribution in [2.75, 3.05) is 34.7 Å². The molecular formula is C14H17BrN6O4S2. The highest BCUT2D eigenvalue weighted by atomic mass is 79.9. The van der Waals surface area contributed by atoms with E-state index in [0.717, 1.165) is 6.26 Å². The fourth-order valence-corrected chi connectivity index (χ4v) is 4.39. The smallest absolute Gasteiger partial charge is 0.240 e. The van der Waals surface area contributed by atoms with Gasteiger partial charge in [0.05, 0.1) is 21.3 Å². The molecule has 4 N–H and O–H groups in total. The lowest BCUT2D eigenvalue weighted by Crippen LogP contribution is -2.26. The minimum Gasteiger partial charge on any atom is -0.369 e. The molecule has 27 heavy (non-hydrogen) atoms. The maximum atomic E-state index is 12.6. The first kappa shape index (κ1) is 19.8. The van der Waals surface area contributed by atoms with E-state index in [1.165, 1.54) is 18.2 Å². The molecule has 0 unspecified atom stereocenters. The van der Waals surface area contributed by atoms with Crippen molar-refractivity contribution in [3.05, 3.63) is 28.9 Å². The first-order chi connectivity index (χ1) is 12.6. The molecule has 0 amide bonds. The summed E-state index contributed by atoms with van der Waals surface area (Å²) in [5, 5.41) is 6.01. The average Bonchev–Trinajstić information content (AvgIpc) is 2.55. The molecule has 146 valence electrons. The molecule has 2 aromatic rings. The Labute approximate surface area is 165 Å². The van der Waals surface area contributed by atoms with Crippen LogP contribution in [0, 0.1) is 0 Å². The summed E-state index contributed by atoms with van der Waals surface area (Å²) >= 11 is 3.35. The molecule has 0 aliphatic carbocycles. The zero-order valence-corrected chi connectivity index (χ0v) is 17.4. The van der Waals surface area contributed by atoms with Crippen LogP contribution in [0.3, 0.4) is 0 Å². The van der Waals surface area contributed by atoms with Gasteiger partial charge in [0.1, 0.15) is 5.82 Å². The molecule has 0 saturated heterocycles. The number of nitrogens with zero attached hydrogens (tertiary/aromatic N) is 2. The summed E-state index contributed by atoms with van der Waals surface area (Å²) in [6.07, 6.45) is 3.07. The molecule has 10 nitrogen and oxygen atoms in total. The lowest BCUT2D eigenvalue weighted by Gasteiger charge is -2.12. The zero-order valence-electron chi connectivity index (χ0n) is 14.2. The maximum absolute atomic E-state index is 12.6. The summed E-state index contributed by atoms with van der Waals surface area (Å²) in [5.74, 6) is 0.785. The second kappa shape index (κ2) is 7.58. The Morgan fingerprint density at radius 1 is 1.22 bits per heavy atom. The van der Waals surface area contributed by atoms with Crippen LogP contribution in [0.5, 0.6) is 0 Å². The fourth-order valence-electron chi connectivity index (χ4n) is 2.36. The molecule has 2 heterocycles. The average molecular weight is 477 g/mol. The van der Waals surface area contributed by atoms with Gasteiger partial charge in [-0.3, -0.25) is 4.72 Å². The molecular weight excluding hydrogens is 460 g/mol. The van der Waals surface area contributed by atoms with E-state index in [9.17, 15) is 16.8 Å². The Morgan fingerprint density at radius 3 is 2.74 bits per heavy atom. The van der Waals surface area contributed by atoms with Crippen molar-refractivity contribution < 1.29 is 16.8 Å². The highest BCUT2D eigenvalue weighted by Gasteiger charge is 2.18. The third kappa shape index (κ3) is 5.28. The number of fused-ring (bicyclic) bond motifs is 4. The standard InChI is InChI=1S/C14H17BrN6O4S2/c1-26(22,23)21-10-5-9-6-11(7-10)27(24,25)18-4-2-3-16-13-12(15)8-17-14(19-9)20-13/h5-8,18,21H,2-4H2,1H3,(H2,16,17,19,20). The molecule has 0 atom stereocenters. The second-order valence-corrected chi connectivity index (χ2v) is 10.2. The Morgan fingerprint density at radius 2 is 2.00 bits per heavy atom. The van der Waals surface area contributed by atoms with Crippen LogP contribution in [0.2, 0.25) is 0 Å². The number of benzene rings is 1. The van der Waals surface area contributed by atoms with E-state index < -0.39 is 20.0 Å². The number of anilines is 4. The Kier molecular flexibility index (Phi) is 5.55. The van der Waals surface area contributed by atoms with Gasteiger partial charge >= 0.3 is 0 Å². The van der Waals surface area contributed by atoms with E-state index in [1.54, 1.807) is 6.20 Å². The van der Waals surface area contributed by atoms with E-state index in [4.69, 9.17) is 0 Å². The van der Waals surface area contributed by atoms with Crippen LogP contribution in [0.4, 0.5) is 23.1 Å². The quantitative estimate of drug-likeness (QED) is 0.509. The van der Waals surface area contributed by atoms with Crippen molar-refractivity contribution in [1.29, 1.82) is 0 Å². The number of rotatable bonds is 2. The Bertz CT molecular complexity index is 1080.